The minimum Gasteiger partial charge on any atom is -0.372 e. The highest BCUT2D eigenvalue weighted by Gasteiger charge is 2.13. The largest absolute Gasteiger partial charge is 0.372 e. The number of benzene rings is 1. The Morgan fingerprint density at radius 1 is 1.08 bits per heavy atom. The molecule has 1 amide bonds. The van der Waals surface area contributed by atoms with Crippen LogP contribution in [0.1, 0.15) is 49.5 Å². The molecule has 1 aromatic carbocycles. The molecule has 0 spiro atoms. The number of unbranched alkanes of at least 4 members (excludes halogenated alkanes) is 2. The zero-order valence-electron chi connectivity index (χ0n) is 15.4. The summed E-state index contributed by atoms with van der Waals surface area (Å²) in [5, 5.41) is 6.09. The third kappa shape index (κ3) is 4.94. The Hall–Kier alpha value is -2.63. The summed E-state index contributed by atoms with van der Waals surface area (Å²) in [5.41, 5.74) is 2.29. The normalized spacial score (nSPS) is 13.7. The molecule has 0 atom stereocenters. The molecule has 1 aliphatic heterocycles. The molecule has 0 bridgehead atoms. The van der Waals surface area contributed by atoms with Crippen LogP contribution in [0.5, 0.6) is 0 Å². The highest BCUT2D eigenvalue weighted by Crippen LogP contribution is 2.22. The van der Waals surface area contributed by atoms with Gasteiger partial charge in [0.15, 0.2) is 0 Å². The van der Waals surface area contributed by atoms with E-state index in [1.807, 2.05) is 12.1 Å². The number of carbonyl (C=O) groups excluding carboxylic acids is 1. The number of rotatable bonds is 8. The second kappa shape index (κ2) is 9.17. The fourth-order valence-corrected chi connectivity index (χ4v) is 3.05. The van der Waals surface area contributed by atoms with Crippen molar-refractivity contribution in [1.82, 2.24) is 9.97 Å². The van der Waals surface area contributed by atoms with Crippen molar-refractivity contribution in [2.75, 3.05) is 35.2 Å². The van der Waals surface area contributed by atoms with Crippen LogP contribution in [0.3, 0.4) is 0 Å². The molecule has 1 aromatic heterocycles. The van der Waals surface area contributed by atoms with Crippen LogP contribution in [0.25, 0.3) is 0 Å². The summed E-state index contributed by atoms with van der Waals surface area (Å²) < 4.78 is 0. The third-order valence-corrected chi connectivity index (χ3v) is 4.57. The third-order valence-electron chi connectivity index (χ3n) is 4.57. The van der Waals surface area contributed by atoms with Gasteiger partial charge >= 0.3 is 0 Å². The molecule has 2 N–H and O–H groups in total. The average molecular weight is 353 g/mol. The Labute approximate surface area is 155 Å². The first-order valence-electron chi connectivity index (χ1n) is 9.48. The van der Waals surface area contributed by atoms with Crippen LogP contribution in [0.4, 0.5) is 17.2 Å². The van der Waals surface area contributed by atoms with Crippen LogP contribution in [-0.4, -0.2) is 35.5 Å². The van der Waals surface area contributed by atoms with Gasteiger partial charge in [-0.15, -0.1) is 0 Å². The summed E-state index contributed by atoms with van der Waals surface area (Å²) in [5.74, 6) is 0.455. The lowest BCUT2D eigenvalue weighted by Crippen LogP contribution is -2.18. The first-order chi connectivity index (χ1) is 12.8. The average Bonchev–Trinajstić information content (AvgIpc) is 3.21. The number of amides is 1. The quantitative estimate of drug-likeness (QED) is 0.704. The Balaban J connectivity index is 1.52. The molecular formula is C20H27N5O. The predicted octanol–water partition coefficient (Wildman–Crippen LogP) is 3.93. The van der Waals surface area contributed by atoms with E-state index in [4.69, 9.17) is 0 Å². The summed E-state index contributed by atoms with van der Waals surface area (Å²) in [6.45, 7) is 5.27. The molecule has 2 heterocycles. The summed E-state index contributed by atoms with van der Waals surface area (Å²) in [4.78, 5) is 23.2. The summed E-state index contributed by atoms with van der Waals surface area (Å²) >= 11 is 0. The number of hydrogen-bond donors (Lipinski definition) is 2. The van der Waals surface area contributed by atoms with Crippen LogP contribution in [0.15, 0.2) is 36.7 Å². The van der Waals surface area contributed by atoms with Gasteiger partial charge in [-0.05, 0) is 43.5 Å². The van der Waals surface area contributed by atoms with Gasteiger partial charge in [0.05, 0.1) is 12.4 Å². The maximum absolute atomic E-state index is 12.3. The van der Waals surface area contributed by atoms with Gasteiger partial charge in [-0.2, -0.15) is 0 Å². The van der Waals surface area contributed by atoms with E-state index in [2.05, 4.69) is 44.6 Å². The zero-order valence-corrected chi connectivity index (χ0v) is 15.4. The van der Waals surface area contributed by atoms with Crippen LogP contribution in [0.2, 0.25) is 0 Å². The molecule has 0 radical (unpaired) electrons. The first-order valence-corrected chi connectivity index (χ1v) is 9.48. The van der Waals surface area contributed by atoms with Crippen molar-refractivity contribution in [3.05, 3.63) is 42.4 Å². The number of nitrogens with zero attached hydrogens (tertiary/aromatic N) is 3. The molecule has 26 heavy (non-hydrogen) atoms. The molecular weight excluding hydrogens is 326 g/mol. The summed E-state index contributed by atoms with van der Waals surface area (Å²) in [6.07, 6.45) is 9.10. The van der Waals surface area contributed by atoms with E-state index in [1.54, 1.807) is 6.20 Å². The molecule has 1 aliphatic rings. The second-order valence-electron chi connectivity index (χ2n) is 6.62. The Morgan fingerprint density at radius 3 is 2.50 bits per heavy atom. The van der Waals surface area contributed by atoms with E-state index in [1.165, 1.54) is 37.6 Å². The molecule has 0 unspecified atom stereocenters. The van der Waals surface area contributed by atoms with E-state index in [0.717, 1.165) is 31.7 Å². The second-order valence-corrected chi connectivity index (χ2v) is 6.62. The smallest absolute Gasteiger partial charge is 0.275 e. The molecule has 138 valence electrons. The fraction of sp³-hybridized carbons (Fsp3) is 0.450. The summed E-state index contributed by atoms with van der Waals surface area (Å²) in [7, 11) is 0. The molecule has 1 fully saturated rings. The molecule has 2 aromatic rings. The lowest BCUT2D eigenvalue weighted by Gasteiger charge is -2.17. The van der Waals surface area contributed by atoms with Gasteiger partial charge in [0, 0.05) is 31.0 Å². The number of nitrogens with one attached hydrogen (secondary N) is 2. The van der Waals surface area contributed by atoms with Crippen molar-refractivity contribution >= 4 is 23.1 Å². The molecule has 0 saturated carbocycles. The monoisotopic (exact) mass is 353 g/mol. The van der Waals surface area contributed by atoms with Gasteiger partial charge in [-0.3, -0.25) is 4.79 Å². The Bertz CT molecular complexity index is 693. The number of anilines is 3. The minimum atomic E-state index is -0.246. The molecule has 0 aliphatic carbocycles. The van der Waals surface area contributed by atoms with E-state index in [-0.39, 0.29) is 5.91 Å². The van der Waals surface area contributed by atoms with Crippen molar-refractivity contribution in [3.63, 3.8) is 0 Å². The van der Waals surface area contributed by atoms with Crippen LogP contribution >= 0.6 is 0 Å². The van der Waals surface area contributed by atoms with Crippen molar-refractivity contribution < 1.29 is 4.79 Å². The van der Waals surface area contributed by atoms with Crippen LogP contribution in [-0.2, 0) is 0 Å². The van der Waals surface area contributed by atoms with Crippen molar-refractivity contribution in [3.8, 4) is 0 Å². The van der Waals surface area contributed by atoms with Gasteiger partial charge in [-0.1, -0.05) is 19.8 Å². The van der Waals surface area contributed by atoms with E-state index < -0.39 is 0 Å². The van der Waals surface area contributed by atoms with Crippen molar-refractivity contribution in [2.45, 2.75) is 39.0 Å². The number of carbonyl (C=O) groups is 1. The first kappa shape index (κ1) is 18.2. The lowest BCUT2D eigenvalue weighted by atomic mass is 10.2. The van der Waals surface area contributed by atoms with E-state index in [0.29, 0.717) is 11.5 Å². The van der Waals surface area contributed by atoms with Gasteiger partial charge < -0.3 is 15.5 Å². The SMILES string of the molecule is CCCCCNc1cnc(C(=O)Nc2ccc(N3CCCC3)cc2)cn1. The lowest BCUT2D eigenvalue weighted by molar-refractivity contribution is 0.102. The predicted molar refractivity (Wildman–Crippen MR) is 106 cm³/mol. The molecule has 3 rings (SSSR count). The van der Waals surface area contributed by atoms with Crippen molar-refractivity contribution in [2.24, 2.45) is 0 Å². The molecule has 1 saturated heterocycles. The van der Waals surface area contributed by atoms with Crippen molar-refractivity contribution in [1.29, 1.82) is 0 Å². The van der Waals surface area contributed by atoms with Gasteiger partial charge in [0.25, 0.3) is 5.91 Å². The molecule has 6 heteroatoms. The Kier molecular flexibility index (Phi) is 6.41. The van der Waals surface area contributed by atoms with Gasteiger partial charge in [0.1, 0.15) is 11.5 Å². The highest BCUT2D eigenvalue weighted by molar-refractivity contribution is 6.02. The van der Waals surface area contributed by atoms with Crippen LogP contribution < -0.4 is 15.5 Å². The van der Waals surface area contributed by atoms with Gasteiger partial charge in [0.2, 0.25) is 0 Å². The Morgan fingerprint density at radius 2 is 1.85 bits per heavy atom. The topological polar surface area (TPSA) is 70.2 Å². The minimum absolute atomic E-state index is 0.246. The molecule has 6 nitrogen and oxygen atoms in total. The maximum Gasteiger partial charge on any atom is 0.275 e. The van der Waals surface area contributed by atoms with E-state index in [9.17, 15) is 4.79 Å². The number of aromatic nitrogens is 2. The van der Waals surface area contributed by atoms with E-state index >= 15 is 0 Å². The highest BCUT2D eigenvalue weighted by atomic mass is 16.1. The fourth-order valence-electron chi connectivity index (χ4n) is 3.05. The van der Waals surface area contributed by atoms with Gasteiger partial charge in [-0.25, -0.2) is 9.97 Å². The maximum atomic E-state index is 12.3. The zero-order chi connectivity index (χ0) is 18.2. The number of hydrogen-bond acceptors (Lipinski definition) is 5. The summed E-state index contributed by atoms with van der Waals surface area (Å²) in [6, 6.07) is 7.97. The standard InChI is InChI=1S/C20H27N5O/c1-2-3-4-11-21-19-15-22-18(14-23-19)20(26)24-16-7-9-17(10-8-16)25-12-5-6-13-25/h7-10,14-15H,2-6,11-13H2,1H3,(H,21,23)(H,24,26). The van der Waals surface area contributed by atoms with Crippen LogP contribution in [0, 0.1) is 0 Å².